The molecule has 2 aliphatic rings. The molecule has 1 unspecified atom stereocenters. The Bertz CT molecular complexity index is 679. The second-order valence-electron chi connectivity index (χ2n) is 6.88. The van der Waals surface area contributed by atoms with E-state index in [1.54, 1.807) is 6.07 Å². The largest absolute Gasteiger partial charge is 0.324 e. The second kappa shape index (κ2) is 4.54. The molecule has 0 amide bonds. The van der Waals surface area contributed by atoms with Crippen LogP contribution in [0.4, 0.5) is 4.39 Å². The number of nitrogens with one attached hydrogen (secondary N) is 1. The van der Waals surface area contributed by atoms with E-state index in [1.807, 2.05) is 6.07 Å². The summed E-state index contributed by atoms with van der Waals surface area (Å²) in [5.74, 6) is 1.40. The van der Waals surface area contributed by atoms with Crippen molar-refractivity contribution >= 4 is 11.0 Å². The van der Waals surface area contributed by atoms with Crippen LogP contribution >= 0.6 is 0 Å². The molecule has 1 N–H and O–H groups in total. The standard InChI is InChI=1S/C17H22FN3/c1-11(2)17(8-9-19-10-17)16-20-15-13(18)4-3-5-14(15)21(16)12-6-7-12/h3-5,11-12,19H,6-10H2,1-2H3. The molecule has 3 nitrogen and oxygen atoms in total. The summed E-state index contributed by atoms with van der Waals surface area (Å²) in [6.07, 6.45) is 3.47. The fraction of sp³-hybridized carbons (Fsp3) is 0.588. The number of nitrogens with zero attached hydrogens (tertiary/aromatic N) is 2. The normalized spacial score (nSPS) is 26.1. The molecule has 2 heterocycles. The first-order valence-electron chi connectivity index (χ1n) is 8.01. The number of imidazole rings is 1. The molecule has 1 aromatic heterocycles. The van der Waals surface area contributed by atoms with Gasteiger partial charge >= 0.3 is 0 Å². The van der Waals surface area contributed by atoms with Crippen LogP contribution in [0.15, 0.2) is 18.2 Å². The van der Waals surface area contributed by atoms with Gasteiger partial charge < -0.3 is 9.88 Å². The van der Waals surface area contributed by atoms with E-state index in [9.17, 15) is 4.39 Å². The molecule has 1 aromatic carbocycles. The maximum absolute atomic E-state index is 14.2. The molecule has 1 saturated carbocycles. The van der Waals surface area contributed by atoms with Crippen molar-refractivity contribution in [2.24, 2.45) is 5.92 Å². The highest BCUT2D eigenvalue weighted by molar-refractivity contribution is 5.77. The molecule has 112 valence electrons. The molecule has 1 aliphatic heterocycles. The predicted molar refractivity (Wildman–Crippen MR) is 82.0 cm³/mol. The van der Waals surface area contributed by atoms with E-state index in [-0.39, 0.29) is 11.2 Å². The van der Waals surface area contributed by atoms with Gasteiger partial charge in [-0.25, -0.2) is 9.37 Å². The molecule has 21 heavy (non-hydrogen) atoms. The Morgan fingerprint density at radius 2 is 2.19 bits per heavy atom. The van der Waals surface area contributed by atoms with E-state index in [0.717, 1.165) is 30.9 Å². The van der Waals surface area contributed by atoms with Crippen molar-refractivity contribution in [2.75, 3.05) is 13.1 Å². The number of fused-ring (bicyclic) bond motifs is 1. The third-order valence-corrected chi connectivity index (χ3v) is 5.32. The minimum atomic E-state index is -0.196. The molecule has 0 radical (unpaired) electrons. The van der Waals surface area contributed by atoms with Crippen LogP contribution in [-0.2, 0) is 5.41 Å². The van der Waals surface area contributed by atoms with E-state index in [2.05, 4.69) is 23.7 Å². The molecule has 1 atom stereocenters. The van der Waals surface area contributed by atoms with Crippen LogP contribution < -0.4 is 5.32 Å². The highest BCUT2D eigenvalue weighted by Crippen LogP contribution is 2.45. The molecule has 2 fully saturated rings. The van der Waals surface area contributed by atoms with Gasteiger partial charge in [-0.3, -0.25) is 0 Å². The maximum Gasteiger partial charge on any atom is 0.151 e. The summed E-state index contributed by atoms with van der Waals surface area (Å²) in [5.41, 5.74) is 1.55. The quantitative estimate of drug-likeness (QED) is 0.937. The molecule has 4 heteroatoms. The molecule has 1 aliphatic carbocycles. The van der Waals surface area contributed by atoms with Crippen LogP contribution in [0.5, 0.6) is 0 Å². The molecule has 4 rings (SSSR count). The van der Waals surface area contributed by atoms with E-state index in [1.165, 1.54) is 18.9 Å². The van der Waals surface area contributed by atoms with Crippen molar-refractivity contribution in [2.45, 2.75) is 44.6 Å². The van der Waals surface area contributed by atoms with Gasteiger partial charge in [0.25, 0.3) is 0 Å². The van der Waals surface area contributed by atoms with E-state index in [0.29, 0.717) is 17.5 Å². The highest BCUT2D eigenvalue weighted by atomic mass is 19.1. The molecule has 0 spiro atoms. The second-order valence-corrected chi connectivity index (χ2v) is 6.88. The van der Waals surface area contributed by atoms with Crippen LogP contribution in [0, 0.1) is 11.7 Å². The lowest BCUT2D eigenvalue weighted by molar-refractivity contribution is 0.307. The summed E-state index contributed by atoms with van der Waals surface area (Å²) in [7, 11) is 0. The number of hydrogen-bond acceptors (Lipinski definition) is 2. The first-order chi connectivity index (χ1) is 10.1. The van der Waals surface area contributed by atoms with Crippen molar-refractivity contribution in [3.05, 3.63) is 29.8 Å². The average molecular weight is 287 g/mol. The van der Waals surface area contributed by atoms with Crippen LogP contribution in [0.25, 0.3) is 11.0 Å². The Labute approximate surface area is 124 Å². The van der Waals surface area contributed by atoms with Gasteiger partial charge in [0.1, 0.15) is 11.3 Å². The number of rotatable bonds is 3. The minimum absolute atomic E-state index is 0.0358. The number of halogens is 1. The van der Waals surface area contributed by atoms with Crippen LogP contribution in [0.1, 0.15) is 45.0 Å². The topological polar surface area (TPSA) is 29.9 Å². The SMILES string of the molecule is CC(C)C1(c2nc3c(F)cccc3n2C2CC2)CCNC1. The Morgan fingerprint density at radius 1 is 1.38 bits per heavy atom. The highest BCUT2D eigenvalue weighted by Gasteiger charge is 2.45. The molecule has 1 saturated heterocycles. The fourth-order valence-electron chi connectivity index (χ4n) is 3.79. The number of hydrogen-bond donors (Lipinski definition) is 1. The first-order valence-corrected chi connectivity index (χ1v) is 8.01. The molecule has 0 bridgehead atoms. The Morgan fingerprint density at radius 3 is 2.81 bits per heavy atom. The first kappa shape index (κ1) is 13.3. The fourth-order valence-corrected chi connectivity index (χ4v) is 3.79. The van der Waals surface area contributed by atoms with E-state index in [4.69, 9.17) is 4.98 Å². The zero-order valence-electron chi connectivity index (χ0n) is 12.7. The summed E-state index contributed by atoms with van der Waals surface area (Å²) < 4.78 is 16.5. The van der Waals surface area contributed by atoms with Gasteiger partial charge in [0, 0.05) is 18.0 Å². The molecule has 2 aromatic rings. The van der Waals surface area contributed by atoms with Crippen molar-refractivity contribution in [3.63, 3.8) is 0 Å². The lowest BCUT2D eigenvalue weighted by Gasteiger charge is -2.32. The average Bonchev–Trinajstić information content (AvgIpc) is 3.03. The van der Waals surface area contributed by atoms with E-state index < -0.39 is 0 Å². The van der Waals surface area contributed by atoms with Gasteiger partial charge in [-0.2, -0.15) is 0 Å². The van der Waals surface area contributed by atoms with Crippen molar-refractivity contribution in [3.8, 4) is 0 Å². The Balaban J connectivity index is 1.99. The Hall–Kier alpha value is -1.42. The maximum atomic E-state index is 14.2. The van der Waals surface area contributed by atoms with Gasteiger partial charge in [0.2, 0.25) is 0 Å². The summed E-state index contributed by atoms with van der Waals surface area (Å²) >= 11 is 0. The van der Waals surface area contributed by atoms with Gasteiger partial charge in [-0.1, -0.05) is 19.9 Å². The third kappa shape index (κ3) is 1.85. The van der Waals surface area contributed by atoms with E-state index >= 15 is 0 Å². The van der Waals surface area contributed by atoms with Gasteiger partial charge in [0.05, 0.1) is 5.52 Å². The number of aromatic nitrogens is 2. The lowest BCUT2D eigenvalue weighted by Crippen LogP contribution is -2.37. The van der Waals surface area contributed by atoms with Crippen molar-refractivity contribution < 1.29 is 4.39 Å². The van der Waals surface area contributed by atoms with Gasteiger partial charge in [0.15, 0.2) is 5.82 Å². The van der Waals surface area contributed by atoms with Crippen molar-refractivity contribution in [1.82, 2.24) is 14.9 Å². The third-order valence-electron chi connectivity index (χ3n) is 5.32. The molecular formula is C17H22FN3. The summed E-state index contributed by atoms with van der Waals surface area (Å²) in [6, 6.07) is 5.86. The zero-order chi connectivity index (χ0) is 14.6. The van der Waals surface area contributed by atoms with Gasteiger partial charge in [-0.15, -0.1) is 0 Å². The number of para-hydroxylation sites is 1. The van der Waals surface area contributed by atoms with Crippen molar-refractivity contribution in [1.29, 1.82) is 0 Å². The summed E-state index contributed by atoms with van der Waals surface area (Å²) in [5, 5.41) is 3.49. The minimum Gasteiger partial charge on any atom is -0.324 e. The summed E-state index contributed by atoms with van der Waals surface area (Å²) in [6.45, 7) is 6.50. The lowest BCUT2D eigenvalue weighted by atomic mass is 9.75. The Kier molecular flexibility index (Phi) is 2.86. The van der Waals surface area contributed by atoms with Crippen LogP contribution in [0.2, 0.25) is 0 Å². The summed E-state index contributed by atoms with van der Waals surface area (Å²) in [4.78, 5) is 4.80. The van der Waals surface area contributed by atoms with Crippen LogP contribution in [0.3, 0.4) is 0 Å². The molecular weight excluding hydrogens is 265 g/mol. The predicted octanol–water partition coefficient (Wildman–Crippen LogP) is 3.40. The monoisotopic (exact) mass is 287 g/mol. The zero-order valence-corrected chi connectivity index (χ0v) is 12.7. The van der Waals surface area contributed by atoms with Gasteiger partial charge in [-0.05, 0) is 43.9 Å². The van der Waals surface area contributed by atoms with Crippen LogP contribution in [-0.4, -0.2) is 22.6 Å². The number of benzene rings is 1. The smallest absolute Gasteiger partial charge is 0.151 e.